The first-order valence-electron chi connectivity index (χ1n) is 14.7. The number of nitrogens with zero attached hydrogens (tertiary/aromatic N) is 1. The van der Waals surface area contributed by atoms with Crippen LogP contribution >= 0.6 is 0 Å². The summed E-state index contributed by atoms with van der Waals surface area (Å²) >= 11 is 0. The minimum atomic E-state index is -0.113. The summed E-state index contributed by atoms with van der Waals surface area (Å²) < 4.78 is 0. The Balaban J connectivity index is 1.43. The summed E-state index contributed by atoms with van der Waals surface area (Å²) in [5, 5.41) is 5.06. The van der Waals surface area contributed by atoms with Crippen LogP contribution in [0, 0.1) is 0 Å². The average Bonchev–Trinajstić information content (AvgIpc) is 3.27. The smallest absolute Gasteiger partial charge is 0.0546 e. The molecule has 0 aliphatic heterocycles. The van der Waals surface area contributed by atoms with E-state index < -0.39 is 0 Å². The molecule has 0 radical (unpaired) electrons. The van der Waals surface area contributed by atoms with E-state index in [1.807, 2.05) is 0 Å². The van der Waals surface area contributed by atoms with Crippen LogP contribution in [0.15, 0.2) is 152 Å². The molecular weight excluding hydrogens is 506 g/mol. The Morgan fingerprint density at radius 1 is 0.452 bits per heavy atom. The van der Waals surface area contributed by atoms with Crippen LogP contribution in [0.1, 0.15) is 25.0 Å². The molecule has 0 heterocycles. The van der Waals surface area contributed by atoms with Gasteiger partial charge in [-0.05, 0) is 85.9 Å². The molecule has 42 heavy (non-hydrogen) atoms. The molecule has 200 valence electrons. The lowest BCUT2D eigenvalue weighted by molar-refractivity contribution is 0.666. The quantitative estimate of drug-likeness (QED) is 0.216. The Morgan fingerprint density at radius 3 is 1.90 bits per heavy atom. The summed E-state index contributed by atoms with van der Waals surface area (Å²) in [6.07, 6.45) is 0. The number of para-hydroxylation sites is 1. The van der Waals surface area contributed by atoms with Gasteiger partial charge >= 0.3 is 0 Å². The van der Waals surface area contributed by atoms with Crippen LogP contribution in [0.2, 0.25) is 0 Å². The third-order valence-corrected chi connectivity index (χ3v) is 8.98. The van der Waals surface area contributed by atoms with E-state index in [0.717, 1.165) is 11.4 Å². The van der Waals surface area contributed by atoms with E-state index in [1.165, 1.54) is 60.6 Å². The predicted octanol–water partition coefficient (Wildman–Crippen LogP) is 11.4. The van der Waals surface area contributed by atoms with Crippen molar-refractivity contribution in [3.8, 4) is 22.3 Å². The maximum absolute atomic E-state index is 2.45. The van der Waals surface area contributed by atoms with Crippen molar-refractivity contribution in [2.45, 2.75) is 19.3 Å². The van der Waals surface area contributed by atoms with Crippen molar-refractivity contribution in [1.82, 2.24) is 0 Å². The molecule has 0 saturated heterocycles. The fourth-order valence-corrected chi connectivity index (χ4v) is 7.00. The van der Waals surface area contributed by atoms with Crippen LogP contribution in [0.25, 0.3) is 43.8 Å². The van der Waals surface area contributed by atoms with Gasteiger partial charge in [0, 0.05) is 22.2 Å². The van der Waals surface area contributed by atoms with E-state index in [2.05, 4.69) is 170 Å². The van der Waals surface area contributed by atoms with Gasteiger partial charge in [0.2, 0.25) is 0 Å². The molecule has 1 nitrogen and oxygen atoms in total. The monoisotopic (exact) mass is 537 g/mol. The van der Waals surface area contributed by atoms with E-state index in [4.69, 9.17) is 0 Å². The zero-order valence-corrected chi connectivity index (χ0v) is 23.9. The summed E-state index contributed by atoms with van der Waals surface area (Å²) in [5.41, 5.74) is 11.3. The molecule has 7 aromatic rings. The molecular formula is C41H31N. The molecule has 1 heteroatoms. The van der Waals surface area contributed by atoms with Crippen LogP contribution in [-0.2, 0) is 5.41 Å². The summed E-state index contributed by atoms with van der Waals surface area (Å²) in [6, 6.07) is 55.3. The molecule has 0 saturated carbocycles. The molecule has 8 rings (SSSR count). The van der Waals surface area contributed by atoms with Gasteiger partial charge in [-0.15, -0.1) is 0 Å². The van der Waals surface area contributed by atoms with Gasteiger partial charge in [0.1, 0.15) is 0 Å². The van der Waals surface area contributed by atoms with Crippen LogP contribution < -0.4 is 4.90 Å². The zero-order chi connectivity index (χ0) is 28.3. The molecule has 0 bridgehead atoms. The van der Waals surface area contributed by atoms with Crippen molar-refractivity contribution in [1.29, 1.82) is 0 Å². The van der Waals surface area contributed by atoms with Crippen molar-refractivity contribution in [2.75, 3.05) is 4.90 Å². The van der Waals surface area contributed by atoms with Gasteiger partial charge < -0.3 is 4.90 Å². The second kappa shape index (κ2) is 9.46. The summed E-state index contributed by atoms with van der Waals surface area (Å²) in [7, 11) is 0. The van der Waals surface area contributed by atoms with Crippen LogP contribution in [0.3, 0.4) is 0 Å². The van der Waals surface area contributed by atoms with Gasteiger partial charge in [0.25, 0.3) is 0 Å². The highest BCUT2D eigenvalue weighted by molar-refractivity contribution is 6.07. The number of fused-ring (bicyclic) bond motifs is 6. The Bertz CT molecular complexity index is 2110. The van der Waals surface area contributed by atoms with E-state index >= 15 is 0 Å². The first-order chi connectivity index (χ1) is 20.6. The Morgan fingerprint density at radius 2 is 1.12 bits per heavy atom. The van der Waals surface area contributed by atoms with Crippen molar-refractivity contribution in [3.05, 3.63) is 163 Å². The van der Waals surface area contributed by atoms with Crippen LogP contribution in [0.4, 0.5) is 17.1 Å². The summed E-state index contributed by atoms with van der Waals surface area (Å²) in [5.74, 6) is 0. The molecule has 1 aliphatic rings. The first kappa shape index (κ1) is 24.6. The van der Waals surface area contributed by atoms with Gasteiger partial charge in [-0.3, -0.25) is 0 Å². The normalized spacial score (nSPS) is 13.2. The maximum atomic E-state index is 2.45. The standard InChI is InChI=1S/C41H31N/c1-41(2)38-24-22-31(28-13-5-3-6-14-28)26-36(38)37-27-39(34-19-11-12-20-35(34)40(37)41)42(32-17-7-4-8-18-32)33-23-21-29-15-9-10-16-30(29)25-33/h3-27H,1-2H3. The van der Waals surface area contributed by atoms with Gasteiger partial charge in [-0.2, -0.15) is 0 Å². The summed E-state index contributed by atoms with van der Waals surface area (Å²) in [6.45, 7) is 4.76. The van der Waals surface area contributed by atoms with Gasteiger partial charge in [0.15, 0.2) is 0 Å². The number of benzene rings is 7. The SMILES string of the molecule is CC1(C)c2ccc(-c3ccccc3)cc2-c2cc(N(c3ccccc3)c3ccc4ccccc4c3)c3ccccc3c21. The molecule has 0 aromatic heterocycles. The number of rotatable bonds is 4. The lowest BCUT2D eigenvalue weighted by atomic mass is 9.80. The van der Waals surface area contributed by atoms with Crippen LogP contribution in [0.5, 0.6) is 0 Å². The Kier molecular flexibility index (Phi) is 5.55. The Labute approximate surface area is 247 Å². The third kappa shape index (κ3) is 3.78. The van der Waals surface area contributed by atoms with Crippen molar-refractivity contribution in [2.24, 2.45) is 0 Å². The highest BCUT2D eigenvalue weighted by atomic mass is 15.1. The van der Waals surface area contributed by atoms with Crippen molar-refractivity contribution >= 4 is 38.6 Å². The topological polar surface area (TPSA) is 3.24 Å². The first-order valence-corrected chi connectivity index (χ1v) is 14.7. The third-order valence-electron chi connectivity index (χ3n) is 8.98. The largest absolute Gasteiger partial charge is 0.310 e. The van der Waals surface area contributed by atoms with Gasteiger partial charge in [-0.25, -0.2) is 0 Å². The van der Waals surface area contributed by atoms with Crippen molar-refractivity contribution < 1.29 is 0 Å². The highest BCUT2D eigenvalue weighted by Crippen LogP contribution is 2.55. The summed E-state index contributed by atoms with van der Waals surface area (Å²) in [4.78, 5) is 2.43. The number of hydrogen-bond donors (Lipinski definition) is 0. The van der Waals surface area contributed by atoms with E-state index in [0.29, 0.717) is 0 Å². The lowest BCUT2D eigenvalue weighted by Gasteiger charge is -2.29. The number of anilines is 3. The van der Waals surface area contributed by atoms with Crippen molar-refractivity contribution in [3.63, 3.8) is 0 Å². The van der Waals surface area contributed by atoms with E-state index in [-0.39, 0.29) is 5.41 Å². The molecule has 0 amide bonds. The van der Waals surface area contributed by atoms with Crippen LogP contribution in [-0.4, -0.2) is 0 Å². The molecule has 1 aliphatic carbocycles. The lowest BCUT2D eigenvalue weighted by Crippen LogP contribution is -2.16. The van der Waals surface area contributed by atoms with Gasteiger partial charge in [-0.1, -0.05) is 129 Å². The molecule has 7 aromatic carbocycles. The molecule has 0 spiro atoms. The molecule has 0 atom stereocenters. The second-order valence-electron chi connectivity index (χ2n) is 11.8. The minimum absolute atomic E-state index is 0.113. The van der Waals surface area contributed by atoms with E-state index in [9.17, 15) is 0 Å². The second-order valence-corrected chi connectivity index (χ2v) is 11.8. The molecule has 0 unspecified atom stereocenters. The fourth-order valence-electron chi connectivity index (χ4n) is 7.00. The van der Waals surface area contributed by atoms with E-state index in [1.54, 1.807) is 0 Å². The highest BCUT2D eigenvalue weighted by Gasteiger charge is 2.38. The zero-order valence-electron chi connectivity index (χ0n) is 23.9. The minimum Gasteiger partial charge on any atom is -0.310 e. The average molecular weight is 538 g/mol. The molecule has 0 fully saturated rings. The maximum Gasteiger partial charge on any atom is 0.0546 e. The predicted molar refractivity (Wildman–Crippen MR) is 179 cm³/mol. The Hall–Kier alpha value is -5.14. The number of hydrogen-bond acceptors (Lipinski definition) is 1. The fraction of sp³-hybridized carbons (Fsp3) is 0.0732. The van der Waals surface area contributed by atoms with Gasteiger partial charge in [0.05, 0.1) is 5.69 Å². The molecule has 0 N–H and O–H groups in total.